The van der Waals surface area contributed by atoms with Crippen LogP contribution in [0.4, 0.5) is 0 Å². The molecule has 1 aliphatic heterocycles. The van der Waals surface area contributed by atoms with Crippen molar-refractivity contribution in [3.8, 4) is 0 Å². The van der Waals surface area contributed by atoms with Gasteiger partial charge in [-0.2, -0.15) is 0 Å². The number of pyridine rings is 1. The van der Waals surface area contributed by atoms with Gasteiger partial charge in [-0.1, -0.05) is 13.8 Å². The van der Waals surface area contributed by atoms with Gasteiger partial charge >= 0.3 is 0 Å². The van der Waals surface area contributed by atoms with Gasteiger partial charge in [-0.25, -0.2) is 0 Å². The molecule has 3 rings (SSSR count). The van der Waals surface area contributed by atoms with Crippen molar-refractivity contribution in [3.05, 3.63) is 29.2 Å². The van der Waals surface area contributed by atoms with E-state index in [4.69, 9.17) is 4.74 Å². The first-order chi connectivity index (χ1) is 10.8. The minimum Gasteiger partial charge on any atom is -0.378 e. The SMILES string of the molecule is CC.COCc1cc(CN2CCNCC2)cc2nnc(C)n12. The lowest BCUT2D eigenvalue weighted by Gasteiger charge is -2.27. The van der Waals surface area contributed by atoms with Crippen molar-refractivity contribution in [2.24, 2.45) is 0 Å². The van der Waals surface area contributed by atoms with Gasteiger partial charge in [-0.3, -0.25) is 9.30 Å². The molecule has 0 spiro atoms. The first-order valence-electron chi connectivity index (χ1n) is 8.03. The van der Waals surface area contributed by atoms with Gasteiger partial charge in [0, 0.05) is 39.8 Å². The van der Waals surface area contributed by atoms with Crippen molar-refractivity contribution in [2.45, 2.75) is 33.9 Å². The van der Waals surface area contributed by atoms with E-state index in [0.29, 0.717) is 6.61 Å². The van der Waals surface area contributed by atoms with E-state index in [0.717, 1.165) is 49.9 Å². The molecule has 0 radical (unpaired) electrons. The number of ether oxygens (including phenoxy) is 1. The highest BCUT2D eigenvalue weighted by Gasteiger charge is 2.13. The average Bonchev–Trinajstić information content (AvgIpc) is 2.92. The third kappa shape index (κ3) is 3.82. The van der Waals surface area contributed by atoms with E-state index in [1.807, 2.05) is 20.8 Å². The molecule has 6 nitrogen and oxygen atoms in total. The highest BCUT2D eigenvalue weighted by molar-refractivity contribution is 5.43. The summed E-state index contributed by atoms with van der Waals surface area (Å²) in [4.78, 5) is 2.46. The Balaban J connectivity index is 0.000000847. The van der Waals surface area contributed by atoms with Gasteiger partial charge in [0.1, 0.15) is 5.82 Å². The maximum atomic E-state index is 5.31. The highest BCUT2D eigenvalue weighted by atomic mass is 16.5. The number of methoxy groups -OCH3 is 1. The molecule has 0 atom stereocenters. The van der Waals surface area contributed by atoms with Gasteiger partial charge in [0.25, 0.3) is 0 Å². The van der Waals surface area contributed by atoms with Crippen molar-refractivity contribution in [2.75, 3.05) is 33.3 Å². The second-order valence-electron chi connectivity index (χ2n) is 5.25. The molecule has 1 aliphatic rings. The van der Waals surface area contributed by atoms with E-state index >= 15 is 0 Å². The van der Waals surface area contributed by atoms with Crippen LogP contribution < -0.4 is 5.32 Å². The molecule has 1 saturated heterocycles. The molecular formula is C16H27N5O. The summed E-state index contributed by atoms with van der Waals surface area (Å²) in [6.45, 7) is 11.8. The van der Waals surface area contributed by atoms with E-state index in [9.17, 15) is 0 Å². The lowest BCUT2D eigenvalue weighted by molar-refractivity contribution is 0.180. The zero-order valence-electron chi connectivity index (χ0n) is 14.1. The number of aromatic nitrogens is 3. The molecule has 3 heterocycles. The highest BCUT2D eigenvalue weighted by Crippen LogP contribution is 2.15. The summed E-state index contributed by atoms with van der Waals surface area (Å²) in [5, 5.41) is 11.8. The number of rotatable bonds is 4. The normalized spacial score (nSPS) is 15.6. The van der Waals surface area contributed by atoms with Crippen LogP contribution in [0.15, 0.2) is 12.1 Å². The smallest absolute Gasteiger partial charge is 0.161 e. The zero-order valence-corrected chi connectivity index (χ0v) is 14.1. The molecule has 0 saturated carbocycles. The molecule has 122 valence electrons. The Morgan fingerprint density at radius 1 is 1.18 bits per heavy atom. The van der Waals surface area contributed by atoms with Crippen molar-refractivity contribution >= 4 is 5.65 Å². The van der Waals surface area contributed by atoms with Gasteiger partial charge in [0.15, 0.2) is 5.65 Å². The summed E-state index contributed by atoms with van der Waals surface area (Å²) in [5.41, 5.74) is 3.29. The maximum absolute atomic E-state index is 5.31. The van der Waals surface area contributed by atoms with E-state index in [-0.39, 0.29) is 0 Å². The maximum Gasteiger partial charge on any atom is 0.161 e. The van der Waals surface area contributed by atoms with E-state index in [1.165, 1.54) is 5.56 Å². The Hall–Kier alpha value is -1.50. The lowest BCUT2D eigenvalue weighted by Crippen LogP contribution is -2.42. The fourth-order valence-electron chi connectivity index (χ4n) is 2.79. The lowest BCUT2D eigenvalue weighted by atomic mass is 10.2. The minimum absolute atomic E-state index is 0.574. The largest absolute Gasteiger partial charge is 0.378 e. The van der Waals surface area contributed by atoms with Crippen molar-refractivity contribution in [3.63, 3.8) is 0 Å². The summed E-state index contributed by atoms with van der Waals surface area (Å²) in [6, 6.07) is 4.33. The van der Waals surface area contributed by atoms with Crippen LogP contribution in [0.5, 0.6) is 0 Å². The summed E-state index contributed by atoms with van der Waals surface area (Å²) >= 11 is 0. The monoisotopic (exact) mass is 305 g/mol. The number of aryl methyl sites for hydroxylation is 1. The van der Waals surface area contributed by atoms with Crippen LogP contribution in [-0.4, -0.2) is 52.8 Å². The van der Waals surface area contributed by atoms with Crippen LogP contribution in [0.1, 0.15) is 30.9 Å². The quantitative estimate of drug-likeness (QED) is 0.930. The van der Waals surface area contributed by atoms with Gasteiger partial charge in [0.2, 0.25) is 0 Å². The predicted octanol–water partition coefficient (Wildman–Crippen LogP) is 1.62. The van der Waals surface area contributed by atoms with Crippen LogP contribution in [0.3, 0.4) is 0 Å². The zero-order chi connectivity index (χ0) is 15.9. The molecule has 0 aromatic carbocycles. The molecule has 1 N–H and O–H groups in total. The van der Waals surface area contributed by atoms with Crippen molar-refractivity contribution in [1.82, 2.24) is 24.8 Å². The van der Waals surface area contributed by atoms with Gasteiger partial charge in [-0.05, 0) is 24.6 Å². The molecule has 0 bridgehead atoms. The van der Waals surface area contributed by atoms with Crippen LogP contribution in [0.25, 0.3) is 5.65 Å². The Labute approximate surface area is 132 Å². The Bertz CT molecular complexity index is 589. The van der Waals surface area contributed by atoms with E-state index < -0.39 is 0 Å². The average molecular weight is 305 g/mol. The third-order valence-electron chi connectivity index (χ3n) is 3.71. The second-order valence-corrected chi connectivity index (χ2v) is 5.25. The second kappa shape index (κ2) is 8.22. The first-order valence-corrected chi connectivity index (χ1v) is 8.03. The standard InChI is InChI=1S/C14H21N5O.C2H6/c1-11-16-17-14-8-12(7-13(10-20-2)19(11)14)9-18-5-3-15-4-6-18;1-2/h7-8,15H,3-6,9-10H2,1-2H3;1-2H3. The molecule has 2 aromatic rings. The number of hydrogen-bond donors (Lipinski definition) is 1. The van der Waals surface area contributed by atoms with Crippen LogP contribution in [0.2, 0.25) is 0 Å². The van der Waals surface area contributed by atoms with Crippen LogP contribution in [0, 0.1) is 6.92 Å². The van der Waals surface area contributed by atoms with Crippen LogP contribution in [-0.2, 0) is 17.9 Å². The number of piperazine rings is 1. The Kier molecular flexibility index (Phi) is 6.30. The predicted molar refractivity (Wildman–Crippen MR) is 87.9 cm³/mol. The fourth-order valence-corrected chi connectivity index (χ4v) is 2.79. The molecule has 1 fully saturated rings. The topological polar surface area (TPSA) is 54.7 Å². The fraction of sp³-hybridized carbons (Fsp3) is 0.625. The van der Waals surface area contributed by atoms with Crippen molar-refractivity contribution in [1.29, 1.82) is 0 Å². The molecule has 0 aliphatic carbocycles. The molecule has 22 heavy (non-hydrogen) atoms. The Morgan fingerprint density at radius 2 is 1.91 bits per heavy atom. The molecule has 0 unspecified atom stereocenters. The Morgan fingerprint density at radius 3 is 2.59 bits per heavy atom. The summed E-state index contributed by atoms with van der Waals surface area (Å²) in [7, 11) is 1.72. The van der Waals surface area contributed by atoms with E-state index in [1.54, 1.807) is 7.11 Å². The van der Waals surface area contributed by atoms with Gasteiger partial charge in [0.05, 0.1) is 12.3 Å². The third-order valence-corrected chi connectivity index (χ3v) is 3.71. The summed E-state index contributed by atoms with van der Waals surface area (Å²) < 4.78 is 7.37. The summed E-state index contributed by atoms with van der Waals surface area (Å²) in [6.07, 6.45) is 0. The number of nitrogens with zero attached hydrogens (tertiary/aromatic N) is 4. The van der Waals surface area contributed by atoms with Crippen molar-refractivity contribution < 1.29 is 4.74 Å². The number of hydrogen-bond acceptors (Lipinski definition) is 5. The summed E-state index contributed by atoms with van der Waals surface area (Å²) in [5.74, 6) is 0.903. The molecule has 0 amide bonds. The molecular weight excluding hydrogens is 278 g/mol. The van der Waals surface area contributed by atoms with Crippen LogP contribution >= 0.6 is 0 Å². The van der Waals surface area contributed by atoms with Gasteiger partial charge < -0.3 is 10.1 Å². The molecule has 2 aromatic heterocycles. The number of nitrogens with one attached hydrogen (secondary N) is 1. The molecule has 6 heteroatoms. The number of fused-ring (bicyclic) bond motifs is 1. The first kappa shape index (κ1) is 16.9. The minimum atomic E-state index is 0.574. The van der Waals surface area contributed by atoms with E-state index in [2.05, 4.69) is 36.9 Å². The van der Waals surface area contributed by atoms with Gasteiger partial charge in [-0.15, -0.1) is 10.2 Å².